The molecule has 0 aromatic heterocycles. The molecular formula is C16H23N3O6S. The Bertz CT molecular complexity index is 740. The average molecular weight is 385 g/mol. The largest absolute Gasteiger partial charge is 0.449 e. The number of carbonyl (C=O) groups excluding carboxylic acids is 2. The summed E-state index contributed by atoms with van der Waals surface area (Å²) in [5.41, 5.74) is 4.46. The van der Waals surface area contributed by atoms with E-state index in [2.05, 4.69) is 15.6 Å². The van der Waals surface area contributed by atoms with Crippen LogP contribution in [0.3, 0.4) is 0 Å². The molecule has 0 spiro atoms. The lowest BCUT2D eigenvalue weighted by atomic mass is 10.2. The second-order valence-electron chi connectivity index (χ2n) is 5.90. The highest BCUT2D eigenvalue weighted by Gasteiger charge is 2.32. The molecule has 0 saturated carbocycles. The molecule has 0 radical (unpaired) electrons. The van der Waals surface area contributed by atoms with Gasteiger partial charge in [-0.3, -0.25) is 10.2 Å². The van der Waals surface area contributed by atoms with Gasteiger partial charge in [-0.05, 0) is 45.0 Å². The van der Waals surface area contributed by atoms with E-state index in [4.69, 9.17) is 4.74 Å². The highest BCUT2D eigenvalue weighted by Crippen LogP contribution is 2.21. The van der Waals surface area contributed by atoms with Crippen LogP contribution in [0.2, 0.25) is 0 Å². The number of sulfonamides is 1. The van der Waals surface area contributed by atoms with Gasteiger partial charge in [0.05, 0.1) is 23.7 Å². The first-order valence-electron chi connectivity index (χ1n) is 8.22. The predicted molar refractivity (Wildman–Crippen MR) is 92.8 cm³/mol. The van der Waals surface area contributed by atoms with E-state index in [1.165, 1.54) is 28.6 Å². The number of hydrazine groups is 1. The summed E-state index contributed by atoms with van der Waals surface area (Å²) < 4.78 is 37.0. The van der Waals surface area contributed by atoms with E-state index >= 15 is 0 Å². The molecule has 1 saturated heterocycles. The number of nitrogens with zero attached hydrogens (tertiary/aromatic N) is 1. The molecule has 1 aliphatic rings. The van der Waals surface area contributed by atoms with E-state index in [-0.39, 0.29) is 42.4 Å². The van der Waals surface area contributed by atoms with E-state index < -0.39 is 22.0 Å². The number of carbonyl (C=O) groups is 2. The Morgan fingerprint density at radius 3 is 2.27 bits per heavy atom. The minimum Gasteiger partial charge on any atom is -0.449 e. The maximum atomic E-state index is 12.7. The minimum atomic E-state index is -3.67. The standard InChI is InChI=1S/C16H23N3O6S/c1-4-24-16(21)18-17-15(20)13-5-7-14(8-6-13)26(22,23)19-9-11(2)25-12(3)10-19/h5-8,11-12H,4,9-10H2,1-3H3,(H,17,20)(H,18,21). The summed E-state index contributed by atoms with van der Waals surface area (Å²) in [5, 5.41) is 0. The zero-order valence-electron chi connectivity index (χ0n) is 14.9. The van der Waals surface area contributed by atoms with Crippen molar-refractivity contribution in [2.24, 2.45) is 0 Å². The summed E-state index contributed by atoms with van der Waals surface area (Å²) in [4.78, 5) is 23.2. The van der Waals surface area contributed by atoms with E-state index in [1.807, 2.05) is 13.8 Å². The SMILES string of the molecule is CCOC(=O)NNC(=O)c1ccc(S(=O)(=O)N2CC(C)OC(C)C2)cc1. The number of amides is 2. The molecule has 1 aliphatic heterocycles. The van der Waals surface area contributed by atoms with Crippen molar-refractivity contribution in [3.05, 3.63) is 29.8 Å². The van der Waals surface area contributed by atoms with Crippen LogP contribution in [0.25, 0.3) is 0 Å². The topological polar surface area (TPSA) is 114 Å². The molecule has 1 aromatic carbocycles. The second-order valence-corrected chi connectivity index (χ2v) is 7.84. The lowest BCUT2D eigenvalue weighted by Crippen LogP contribution is -2.48. The molecule has 10 heteroatoms. The van der Waals surface area contributed by atoms with Crippen LogP contribution in [0, 0.1) is 0 Å². The molecular weight excluding hydrogens is 362 g/mol. The molecule has 9 nitrogen and oxygen atoms in total. The van der Waals surface area contributed by atoms with Crippen molar-refractivity contribution in [3.63, 3.8) is 0 Å². The van der Waals surface area contributed by atoms with E-state index in [0.717, 1.165) is 0 Å². The summed E-state index contributed by atoms with van der Waals surface area (Å²) in [6.45, 7) is 6.00. The number of ether oxygens (including phenoxy) is 2. The smallest absolute Gasteiger partial charge is 0.426 e. The number of hydrogen-bond donors (Lipinski definition) is 2. The fourth-order valence-electron chi connectivity index (χ4n) is 2.60. The summed E-state index contributed by atoms with van der Waals surface area (Å²) in [6, 6.07) is 5.48. The van der Waals surface area contributed by atoms with Crippen LogP contribution in [-0.4, -0.2) is 56.6 Å². The first-order valence-corrected chi connectivity index (χ1v) is 9.66. The van der Waals surface area contributed by atoms with Crippen LogP contribution in [0.4, 0.5) is 4.79 Å². The number of rotatable bonds is 4. The maximum Gasteiger partial charge on any atom is 0.426 e. The Balaban J connectivity index is 2.06. The van der Waals surface area contributed by atoms with Gasteiger partial charge in [0.2, 0.25) is 10.0 Å². The summed E-state index contributed by atoms with van der Waals surface area (Å²) in [5.74, 6) is -0.587. The zero-order chi connectivity index (χ0) is 19.3. The maximum absolute atomic E-state index is 12.7. The third-order valence-corrected chi connectivity index (χ3v) is 5.54. The van der Waals surface area contributed by atoms with Crippen molar-refractivity contribution in [2.45, 2.75) is 37.9 Å². The van der Waals surface area contributed by atoms with Gasteiger partial charge < -0.3 is 9.47 Å². The third kappa shape index (κ3) is 4.93. The Morgan fingerprint density at radius 1 is 1.15 bits per heavy atom. The van der Waals surface area contributed by atoms with Gasteiger partial charge in [0.15, 0.2) is 0 Å². The van der Waals surface area contributed by atoms with Crippen molar-refractivity contribution in [3.8, 4) is 0 Å². The first-order chi connectivity index (χ1) is 12.2. The number of benzene rings is 1. The van der Waals surface area contributed by atoms with Gasteiger partial charge in [-0.1, -0.05) is 0 Å². The first kappa shape index (κ1) is 20.1. The monoisotopic (exact) mass is 385 g/mol. The van der Waals surface area contributed by atoms with Gasteiger partial charge in [0.25, 0.3) is 5.91 Å². The highest BCUT2D eigenvalue weighted by molar-refractivity contribution is 7.89. The zero-order valence-corrected chi connectivity index (χ0v) is 15.7. The van der Waals surface area contributed by atoms with Crippen molar-refractivity contribution < 1.29 is 27.5 Å². The minimum absolute atomic E-state index is 0.0914. The molecule has 2 unspecified atom stereocenters. The molecule has 144 valence electrons. The van der Waals surface area contributed by atoms with Crippen molar-refractivity contribution >= 4 is 22.0 Å². The lowest BCUT2D eigenvalue weighted by Gasteiger charge is -2.34. The van der Waals surface area contributed by atoms with Crippen molar-refractivity contribution in [2.75, 3.05) is 19.7 Å². The van der Waals surface area contributed by atoms with E-state index in [9.17, 15) is 18.0 Å². The van der Waals surface area contributed by atoms with Crippen LogP contribution >= 0.6 is 0 Å². The summed E-state index contributed by atoms with van der Waals surface area (Å²) >= 11 is 0. The molecule has 2 amide bonds. The Morgan fingerprint density at radius 2 is 1.73 bits per heavy atom. The van der Waals surface area contributed by atoms with Crippen LogP contribution in [0.5, 0.6) is 0 Å². The fraction of sp³-hybridized carbons (Fsp3) is 0.500. The molecule has 1 heterocycles. The third-order valence-electron chi connectivity index (χ3n) is 3.69. The molecule has 26 heavy (non-hydrogen) atoms. The Labute approximate surface area is 152 Å². The second kappa shape index (κ2) is 8.47. The summed E-state index contributed by atoms with van der Waals surface area (Å²) in [6.07, 6.45) is -1.16. The van der Waals surface area contributed by atoms with E-state index in [1.54, 1.807) is 6.92 Å². The Hall–Kier alpha value is -2.17. The number of hydrogen-bond acceptors (Lipinski definition) is 6. The lowest BCUT2D eigenvalue weighted by molar-refractivity contribution is -0.0440. The van der Waals surface area contributed by atoms with Crippen LogP contribution in [0.15, 0.2) is 29.2 Å². The fourth-order valence-corrected chi connectivity index (χ4v) is 4.19. The van der Waals surface area contributed by atoms with E-state index in [0.29, 0.717) is 0 Å². The van der Waals surface area contributed by atoms with Gasteiger partial charge in [-0.15, -0.1) is 0 Å². The molecule has 1 fully saturated rings. The quantitative estimate of drug-likeness (QED) is 0.744. The molecule has 2 N–H and O–H groups in total. The van der Waals surface area contributed by atoms with Gasteiger partial charge in [0.1, 0.15) is 0 Å². The molecule has 2 rings (SSSR count). The molecule has 2 atom stereocenters. The number of nitrogens with one attached hydrogen (secondary N) is 2. The average Bonchev–Trinajstić information content (AvgIpc) is 2.59. The van der Waals surface area contributed by atoms with Gasteiger partial charge in [-0.2, -0.15) is 4.31 Å². The van der Waals surface area contributed by atoms with Crippen LogP contribution in [-0.2, 0) is 19.5 Å². The highest BCUT2D eigenvalue weighted by atomic mass is 32.2. The van der Waals surface area contributed by atoms with Gasteiger partial charge >= 0.3 is 6.09 Å². The predicted octanol–water partition coefficient (Wildman–Crippen LogP) is 0.875. The molecule has 1 aromatic rings. The van der Waals surface area contributed by atoms with Crippen LogP contribution in [0.1, 0.15) is 31.1 Å². The van der Waals surface area contributed by atoms with Crippen molar-refractivity contribution in [1.29, 1.82) is 0 Å². The summed E-state index contributed by atoms with van der Waals surface area (Å²) in [7, 11) is -3.67. The normalized spacial score (nSPS) is 21.0. The van der Waals surface area contributed by atoms with Crippen molar-refractivity contribution in [1.82, 2.24) is 15.2 Å². The van der Waals surface area contributed by atoms with Gasteiger partial charge in [0, 0.05) is 18.7 Å². The molecule has 0 aliphatic carbocycles. The Kier molecular flexibility index (Phi) is 6.57. The molecule has 0 bridgehead atoms. The number of morpholine rings is 1. The van der Waals surface area contributed by atoms with Crippen LogP contribution < -0.4 is 10.9 Å². The van der Waals surface area contributed by atoms with Gasteiger partial charge in [-0.25, -0.2) is 18.6 Å².